The molecule has 1 aliphatic rings. The summed E-state index contributed by atoms with van der Waals surface area (Å²) in [5.41, 5.74) is 13.7. The van der Waals surface area contributed by atoms with Crippen molar-refractivity contribution >= 4 is 43.4 Å². The molecule has 0 aliphatic heterocycles. The number of hydrogen-bond donors (Lipinski definition) is 0. The Morgan fingerprint density at radius 3 is 1.53 bits per heavy atom. The number of para-hydroxylation sites is 1. The maximum atomic E-state index is 5.47. The van der Waals surface area contributed by atoms with Crippen molar-refractivity contribution < 1.29 is 0 Å². The Balaban J connectivity index is 1.22. The van der Waals surface area contributed by atoms with Crippen molar-refractivity contribution in [2.24, 2.45) is 0 Å². The Labute approximate surface area is 348 Å². The molecule has 0 atom stereocenters. The second kappa shape index (κ2) is 13.2. The zero-order valence-corrected chi connectivity index (χ0v) is 33.3. The van der Waals surface area contributed by atoms with E-state index in [1.54, 1.807) is 0 Å². The predicted molar refractivity (Wildman–Crippen MR) is 248 cm³/mol. The zero-order valence-electron chi connectivity index (χ0n) is 33.3. The molecule has 0 radical (unpaired) electrons. The van der Waals surface area contributed by atoms with Crippen molar-refractivity contribution in [3.8, 4) is 62.1 Å². The van der Waals surface area contributed by atoms with Gasteiger partial charge in [0, 0.05) is 38.3 Å². The molecule has 11 aromatic rings. The van der Waals surface area contributed by atoms with Crippen LogP contribution in [0.25, 0.3) is 105 Å². The lowest BCUT2D eigenvalue weighted by Crippen LogP contribution is -2.16. The molecule has 0 spiro atoms. The van der Waals surface area contributed by atoms with Gasteiger partial charge in [-0.2, -0.15) is 9.97 Å². The van der Waals surface area contributed by atoms with Gasteiger partial charge in [0.2, 0.25) is 5.95 Å². The molecule has 282 valence electrons. The van der Waals surface area contributed by atoms with Crippen LogP contribution in [0.5, 0.6) is 0 Å². The smallest absolute Gasteiger partial charge is 0.238 e. The molecule has 9 aromatic carbocycles. The molecular weight excluding hydrogens is 729 g/mol. The third-order valence-electron chi connectivity index (χ3n) is 12.6. The molecule has 2 heterocycles. The van der Waals surface area contributed by atoms with E-state index in [4.69, 9.17) is 15.0 Å². The van der Waals surface area contributed by atoms with Crippen molar-refractivity contribution in [3.05, 3.63) is 205 Å². The maximum absolute atomic E-state index is 5.47. The normalized spacial score (nSPS) is 13.0. The maximum Gasteiger partial charge on any atom is 0.238 e. The second-order valence-electron chi connectivity index (χ2n) is 16.3. The third kappa shape index (κ3) is 5.07. The summed E-state index contributed by atoms with van der Waals surface area (Å²) in [6, 6.07) is 69.4. The van der Waals surface area contributed by atoms with Crippen LogP contribution in [-0.4, -0.2) is 19.5 Å². The number of fused-ring (bicyclic) bond motifs is 11. The van der Waals surface area contributed by atoms with Crippen LogP contribution in [0.2, 0.25) is 0 Å². The Morgan fingerprint density at radius 1 is 0.350 bits per heavy atom. The molecular formula is C56H38N4. The van der Waals surface area contributed by atoms with Gasteiger partial charge in [0.05, 0.1) is 11.0 Å². The summed E-state index contributed by atoms with van der Waals surface area (Å²) in [5, 5.41) is 7.11. The Kier molecular flexibility index (Phi) is 7.54. The van der Waals surface area contributed by atoms with Crippen LogP contribution in [0.4, 0.5) is 0 Å². The first-order valence-corrected chi connectivity index (χ1v) is 20.6. The number of rotatable bonds is 5. The van der Waals surface area contributed by atoms with E-state index in [1.807, 2.05) is 24.3 Å². The van der Waals surface area contributed by atoms with Crippen LogP contribution in [0.1, 0.15) is 25.0 Å². The number of aromatic nitrogens is 4. The summed E-state index contributed by atoms with van der Waals surface area (Å²) < 4.78 is 2.35. The largest absolute Gasteiger partial charge is 0.277 e. The van der Waals surface area contributed by atoms with Crippen LogP contribution in [-0.2, 0) is 5.41 Å². The molecule has 1 aliphatic carbocycles. The minimum Gasteiger partial charge on any atom is -0.277 e. The standard InChI is InChI=1S/C56H38N4/c1-56(2)48-30-14-13-23-41(48)43-26-15-27-44(50(43)56)46-28-16-29-47-49-42-24-11-9-21-39(42)40-22-10-12-25-45(40)52(49)60(51(46)47)55-58-53(37-19-7-4-8-20-37)57-54(59-55)38-33-31-36(32-34-38)35-17-5-3-6-18-35/h3-34H,1-2H3. The van der Waals surface area contributed by atoms with Crippen LogP contribution in [0.3, 0.4) is 0 Å². The fourth-order valence-electron chi connectivity index (χ4n) is 9.97. The Bertz CT molecular complexity index is 3490. The van der Waals surface area contributed by atoms with Gasteiger partial charge in [0.25, 0.3) is 0 Å². The molecule has 0 fully saturated rings. The molecule has 0 bridgehead atoms. The molecule has 12 rings (SSSR count). The Hall–Kier alpha value is -7.69. The number of benzene rings is 9. The summed E-state index contributed by atoms with van der Waals surface area (Å²) >= 11 is 0. The number of nitrogens with zero attached hydrogens (tertiary/aromatic N) is 4. The van der Waals surface area contributed by atoms with Crippen LogP contribution in [0.15, 0.2) is 194 Å². The van der Waals surface area contributed by atoms with E-state index < -0.39 is 0 Å². The molecule has 0 unspecified atom stereocenters. The molecule has 4 nitrogen and oxygen atoms in total. The minimum absolute atomic E-state index is 0.215. The number of hydrogen-bond acceptors (Lipinski definition) is 3. The summed E-state index contributed by atoms with van der Waals surface area (Å²) in [4.78, 5) is 16.1. The molecule has 4 heteroatoms. The van der Waals surface area contributed by atoms with Crippen molar-refractivity contribution in [3.63, 3.8) is 0 Å². The fourth-order valence-corrected chi connectivity index (χ4v) is 9.97. The first-order valence-electron chi connectivity index (χ1n) is 20.6. The highest BCUT2D eigenvalue weighted by Gasteiger charge is 2.38. The Morgan fingerprint density at radius 2 is 0.817 bits per heavy atom. The van der Waals surface area contributed by atoms with E-state index in [9.17, 15) is 0 Å². The van der Waals surface area contributed by atoms with Gasteiger partial charge in [-0.05, 0) is 55.1 Å². The molecule has 0 amide bonds. The van der Waals surface area contributed by atoms with E-state index >= 15 is 0 Å². The molecule has 0 saturated heterocycles. The minimum atomic E-state index is -0.215. The van der Waals surface area contributed by atoms with E-state index in [0.29, 0.717) is 17.6 Å². The monoisotopic (exact) mass is 766 g/mol. The second-order valence-corrected chi connectivity index (χ2v) is 16.3. The van der Waals surface area contributed by atoms with Gasteiger partial charge in [-0.15, -0.1) is 0 Å². The van der Waals surface area contributed by atoms with Crippen molar-refractivity contribution in [2.45, 2.75) is 19.3 Å². The highest BCUT2D eigenvalue weighted by molar-refractivity contribution is 6.33. The van der Waals surface area contributed by atoms with Gasteiger partial charge >= 0.3 is 0 Å². The van der Waals surface area contributed by atoms with E-state index in [-0.39, 0.29) is 5.41 Å². The lowest BCUT2D eigenvalue weighted by Gasteiger charge is -2.25. The summed E-state index contributed by atoms with van der Waals surface area (Å²) in [5.74, 6) is 1.82. The van der Waals surface area contributed by atoms with E-state index in [1.165, 1.54) is 54.9 Å². The lowest BCUT2D eigenvalue weighted by molar-refractivity contribution is 0.662. The quantitative estimate of drug-likeness (QED) is 0.164. The van der Waals surface area contributed by atoms with Crippen molar-refractivity contribution in [1.82, 2.24) is 19.5 Å². The van der Waals surface area contributed by atoms with Gasteiger partial charge in [-0.3, -0.25) is 4.57 Å². The van der Waals surface area contributed by atoms with Crippen molar-refractivity contribution in [1.29, 1.82) is 0 Å². The average Bonchev–Trinajstić information content (AvgIpc) is 3.79. The molecule has 60 heavy (non-hydrogen) atoms. The average molecular weight is 767 g/mol. The van der Waals surface area contributed by atoms with E-state index in [0.717, 1.165) is 44.1 Å². The van der Waals surface area contributed by atoms with Gasteiger partial charge in [0.15, 0.2) is 11.6 Å². The van der Waals surface area contributed by atoms with Gasteiger partial charge in [-0.1, -0.05) is 208 Å². The topological polar surface area (TPSA) is 43.6 Å². The van der Waals surface area contributed by atoms with Gasteiger partial charge in [-0.25, -0.2) is 4.98 Å². The summed E-state index contributed by atoms with van der Waals surface area (Å²) in [6.45, 7) is 4.73. The first kappa shape index (κ1) is 34.4. The molecule has 0 saturated carbocycles. The van der Waals surface area contributed by atoms with Crippen LogP contribution < -0.4 is 0 Å². The highest BCUT2D eigenvalue weighted by Crippen LogP contribution is 2.53. The molecule has 2 aromatic heterocycles. The molecule has 0 N–H and O–H groups in total. The zero-order chi connectivity index (χ0) is 40.0. The first-order chi connectivity index (χ1) is 29.5. The van der Waals surface area contributed by atoms with Crippen molar-refractivity contribution in [2.75, 3.05) is 0 Å². The SMILES string of the molecule is CC1(C)c2ccccc2-c2cccc(-c3cccc4c5c6ccccc6c6ccccc6c5n(-c5nc(-c6ccccc6)nc(-c6ccc(-c7ccccc7)cc6)n5)c34)c21. The fraction of sp³-hybridized carbons (Fsp3) is 0.0536. The van der Waals surface area contributed by atoms with Crippen LogP contribution in [0, 0.1) is 0 Å². The van der Waals surface area contributed by atoms with Crippen LogP contribution >= 0.6 is 0 Å². The predicted octanol–water partition coefficient (Wildman–Crippen LogP) is 14.2. The van der Waals surface area contributed by atoms with Gasteiger partial charge in [0.1, 0.15) is 0 Å². The lowest BCUT2D eigenvalue weighted by atomic mass is 9.78. The summed E-state index contributed by atoms with van der Waals surface area (Å²) in [7, 11) is 0. The third-order valence-corrected chi connectivity index (χ3v) is 12.6. The van der Waals surface area contributed by atoms with Gasteiger partial charge < -0.3 is 0 Å². The van der Waals surface area contributed by atoms with E-state index in [2.05, 4.69) is 188 Å². The highest BCUT2D eigenvalue weighted by atomic mass is 15.2. The summed E-state index contributed by atoms with van der Waals surface area (Å²) in [6.07, 6.45) is 0.